The molecule has 0 aliphatic carbocycles. The highest BCUT2D eigenvalue weighted by Gasteiger charge is 2.19. The third kappa shape index (κ3) is 6.59. The number of amides is 1. The molecule has 1 amide bonds. The SMILES string of the molecule is CCCCCCCCOc1c(O)c2cccc(NC(=O)C=Cc3cc(OC)c(O)c(OC)c3)c2n(C)c1=O. The molecule has 1 heterocycles. The number of aromatic hydroxyl groups is 2. The van der Waals surface area contributed by atoms with Gasteiger partial charge in [0.25, 0.3) is 5.56 Å². The molecule has 0 bridgehead atoms. The van der Waals surface area contributed by atoms with E-state index in [2.05, 4.69) is 12.2 Å². The van der Waals surface area contributed by atoms with Gasteiger partial charge >= 0.3 is 0 Å². The molecule has 0 saturated carbocycles. The number of nitrogens with zero attached hydrogens (tertiary/aromatic N) is 1. The molecule has 9 heteroatoms. The van der Waals surface area contributed by atoms with Crippen molar-refractivity contribution in [2.75, 3.05) is 26.1 Å². The van der Waals surface area contributed by atoms with Crippen LogP contribution >= 0.6 is 0 Å². The second-order valence-corrected chi connectivity index (χ2v) is 8.96. The molecule has 3 aromatic rings. The number of aromatic nitrogens is 1. The Bertz CT molecular complexity index is 1340. The fraction of sp³-hybridized carbons (Fsp3) is 0.379. The van der Waals surface area contributed by atoms with Crippen molar-refractivity contribution >= 4 is 28.6 Å². The van der Waals surface area contributed by atoms with Crippen LogP contribution in [0.15, 0.2) is 41.2 Å². The summed E-state index contributed by atoms with van der Waals surface area (Å²) in [5, 5.41) is 24.1. The molecular formula is C29H36N2O7. The molecule has 9 nitrogen and oxygen atoms in total. The summed E-state index contributed by atoms with van der Waals surface area (Å²) in [6.07, 6.45) is 9.33. The van der Waals surface area contributed by atoms with Crippen LogP contribution in [0.25, 0.3) is 17.0 Å². The van der Waals surface area contributed by atoms with Crippen molar-refractivity contribution in [1.29, 1.82) is 0 Å². The predicted molar refractivity (Wildman–Crippen MR) is 149 cm³/mol. The molecular weight excluding hydrogens is 488 g/mol. The first-order valence-corrected chi connectivity index (χ1v) is 12.7. The van der Waals surface area contributed by atoms with Crippen molar-refractivity contribution in [2.24, 2.45) is 7.05 Å². The van der Waals surface area contributed by atoms with E-state index in [1.807, 2.05) is 0 Å². The molecule has 204 valence electrons. The van der Waals surface area contributed by atoms with Crippen LogP contribution in [-0.4, -0.2) is 41.5 Å². The predicted octanol–water partition coefficient (Wildman–Crippen LogP) is 5.36. The number of anilines is 1. The lowest BCUT2D eigenvalue weighted by molar-refractivity contribution is -0.111. The van der Waals surface area contributed by atoms with Crippen LogP contribution in [0.5, 0.6) is 28.7 Å². The lowest BCUT2D eigenvalue weighted by Crippen LogP contribution is -2.21. The Hall–Kier alpha value is -4.14. The minimum atomic E-state index is -0.485. The maximum atomic E-state index is 13.0. The molecule has 2 aromatic carbocycles. The lowest BCUT2D eigenvalue weighted by atomic mass is 10.1. The Kier molecular flexibility index (Phi) is 10.0. The number of methoxy groups -OCH3 is 2. The van der Waals surface area contributed by atoms with Crippen molar-refractivity contribution in [3.05, 3.63) is 52.3 Å². The van der Waals surface area contributed by atoms with Crippen molar-refractivity contribution in [3.63, 3.8) is 0 Å². The Balaban J connectivity index is 1.79. The van der Waals surface area contributed by atoms with Crippen LogP contribution in [-0.2, 0) is 11.8 Å². The summed E-state index contributed by atoms with van der Waals surface area (Å²) in [7, 11) is 4.40. The normalized spacial score (nSPS) is 11.2. The van der Waals surface area contributed by atoms with Gasteiger partial charge in [-0.1, -0.05) is 45.1 Å². The van der Waals surface area contributed by atoms with Gasteiger partial charge in [0.05, 0.1) is 32.0 Å². The van der Waals surface area contributed by atoms with Crippen molar-refractivity contribution in [2.45, 2.75) is 45.4 Å². The number of benzene rings is 2. The molecule has 1 aromatic heterocycles. The van der Waals surface area contributed by atoms with Crippen LogP contribution in [0.4, 0.5) is 5.69 Å². The monoisotopic (exact) mass is 524 g/mol. The zero-order chi connectivity index (χ0) is 27.7. The van der Waals surface area contributed by atoms with Gasteiger partial charge in [0.2, 0.25) is 17.4 Å². The summed E-state index contributed by atoms with van der Waals surface area (Å²) in [6, 6.07) is 8.12. The Morgan fingerprint density at radius 2 is 1.66 bits per heavy atom. The number of nitrogens with one attached hydrogen (secondary N) is 1. The van der Waals surface area contributed by atoms with Crippen LogP contribution in [0.2, 0.25) is 0 Å². The van der Waals surface area contributed by atoms with Gasteiger partial charge in [0.1, 0.15) is 0 Å². The number of ether oxygens (including phenoxy) is 3. The van der Waals surface area contributed by atoms with Gasteiger partial charge in [-0.15, -0.1) is 0 Å². The number of aryl methyl sites for hydroxylation is 1. The van der Waals surface area contributed by atoms with E-state index in [0.29, 0.717) is 28.8 Å². The zero-order valence-electron chi connectivity index (χ0n) is 22.4. The van der Waals surface area contributed by atoms with Gasteiger partial charge < -0.3 is 34.3 Å². The first-order chi connectivity index (χ1) is 18.3. The van der Waals surface area contributed by atoms with Gasteiger partial charge in [-0.25, -0.2) is 0 Å². The Morgan fingerprint density at radius 1 is 1.00 bits per heavy atom. The highest BCUT2D eigenvalue weighted by Crippen LogP contribution is 2.37. The van der Waals surface area contributed by atoms with E-state index in [1.165, 1.54) is 50.2 Å². The second kappa shape index (κ2) is 13.4. The zero-order valence-corrected chi connectivity index (χ0v) is 22.4. The maximum absolute atomic E-state index is 13.0. The second-order valence-electron chi connectivity index (χ2n) is 8.96. The van der Waals surface area contributed by atoms with Crippen molar-refractivity contribution < 1.29 is 29.2 Å². The smallest absolute Gasteiger partial charge is 0.297 e. The summed E-state index contributed by atoms with van der Waals surface area (Å²) in [5.74, 6) is -0.518. The fourth-order valence-electron chi connectivity index (χ4n) is 4.22. The number of carbonyl (C=O) groups excluding carboxylic acids is 1. The van der Waals surface area contributed by atoms with Gasteiger partial charge in [0, 0.05) is 18.5 Å². The topological polar surface area (TPSA) is 119 Å². The first-order valence-electron chi connectivity index (χ1n) is 12.7. The maximum Gasteiger partial charge on any atom is 0.297 e. The third-order valence-electron chi connectivity index (χ3n) is 6.27. The standard InChI is InChI=1S/C29H36N2O7/c1-5-6-7-8-9-10-16-38-28-26(33)20-12-11-13-21(25(20)31(2)29(28)35)30-24(32)15-14-19-17-22(36-3)27(34)23(18-19)37-4/h11-15,17-18,33-34H,5-10,16H2,1-4H3,(H,30,32). The Labute approximate surface area is 222 Å². The van der Waals surface area contributed by atoms with Crippen LogP contribution in [0, 0.1) is 0 Å². The molecule has 3 N–H and O–H groups in total. The van der Waals surface area contributed by atoms with E-state index in [4.69, 9.17) is 14.2 Å². The third-order valence-corrected chi connectivity index (χ3v) is 6.27. The summed E-state index contributed by atoms with van der Waals surface area (Å²) in [6.45, 7) is 2.51. The van der Waals surface area contributed by atoms with E-state index in [1.54, 1.807) is 37.4 Å². The van der Waals surface area contributed by atoms with E-state index in [9.17, 15) is 19.8 Å². The molecule has 3 rings (SSSR count). The highest BCUT2D eigenvalue weighted by molar-refractivity contribution is 6.07. The first kappa shape index (κ1) is 28.4. The van der Waals surface area contributed by atoms with Crippen molar-refractivity contribution in [3.8, 4) is 28.7 Å². The van der Waals surface area contributed by atoms with Crippen LogP contribution < -0.4 is 25.1 Å². The van der Waals surface area contributed by atoms with Crippen LogP contribution in [0.1, 0.15) is 51.0 Å². The van der Waals surface area contributed by atoms with E-state index < -0.39 is 11.5 Å². The van der Waals surface area contributed by atoms with Crippen molar-refractivity contribution in [1.82, 2.24) is 4.57 Å². The number of pyridine rings is 1. The average molecular weight is 525 g/mol. The quantitative estimate of drug-likeness (QED) is 0.203. The number of phenols is 1. The highest BCUT2D eigenvalue weighted by atomic mass is 16.5. The molecule has 0 atom stereocenters. The largest absolute Gasteiger partial charge is 0.504 e. The minimum absolute atomic E-state index is 0.0906. The number of carbonyl (C=O) groups is 1. The number of hydrogen-bond acceptors (Lipinski definition) is 7. The number of fused-ring (bicyclic) bond motifs is 1. The molecule has 0 unspecified atom stereocenters. The van der Waals surface area contributed by atoms with Gasteiger partial charge in [0.15, 0.2) is 17.2 Å². The van der Waals surface area contributed by atoms with E-state index in [-0.39, 0.29) is 28.7 Å². The van der Waals surface area contributed by atoms with Gasteiger partial charge in [-0.2, -0.15) is 0 Å². The number of para-hydroxylation sites is 1. The van der Waals surface area contributed by atoms with Gasteiger partial charge in [-0.05, 0) is 42.3 Å². The molecule has 0 fully saturated rings. The lowest BCUT2D eigenvalue weighted by Gasteiger charge is -2.15. The summed E-state index contributed by atoms with van der Waals surface area (Å²) >= 11 is 0. The minimum Gasteiger partial charge on any atom is -0.504 e. The fourth-order valence-corrected chi connectivity index (χ4v) is 4.22. The average Bonchev–Trinajstić information content (AvgIpc) is 2.92. The molecule has 0 radical (unpaired) electrons. The molecule has 0 saturated heterocycles. The van der Waals surface area contributed by atoms with Gasteiger partial charge in [-0.3, -0.25) is 9.59 Å². The molecule has 0 aliphatic heterocycles. The number of hydrogen-bond donors (Lipinski definition) is 3. The van der Waals surface area contributed by atoms with Crippen LogP contribution in [0.3, 0.4) is 0 Å². The summed E-state index contributed by atoms with van der Waals surface area (Å²) in [4.78, 5) is 25.8. The van der Waals surface area contributed by atoms with E-state index in [0.717, 1.165) is 19.3 Å². The summed E-state index contributed by atoms with van der Waals surface area (Å²) in [5.41, 5.74) is 0.815. The summed E-state index contributed by atoms with van der Waals surface area (Å²) < 4.78 is 17.3. The number of phenolic OH excluding ortho intramolecular Hbond substituents is 1. The molecule has 0 spiro atoms. The number of rotatable bonds is 13. The Morgan fingerprint density at radius 3 is 2.32 bits per heavy atom. The van der Waals surface area contributed by atoms with E-state index >= 15 is 0 Å². The molecule has 0 aliphatic rings. The number of unbranched alkanes of at least 4 members (excludes halogenated alkanes) is 5. The molecule has 38 heavy (non-hydrogen) atoms.